The summed E-state index contributed by atoms with van der Waals surface area (Å²) in [6, 6.07) is 3.39. The van der Waals surface area contributed by atoms with Gasteiger partial charge in [-0.05, 0) is 31.9 Å². The normalized spacial score (nSPS) is 17.1. The van der Waals surface area contributed by atoms with Crippen LogP contribution in [0.5, 0.6) is 5.75 Å². The number of rotatable bonds is 4. The summed E-state index contributed by atoms with van der Waals surface area (Å²) in [5.74, 6) is -0.210. The van der Waals surface area contributed by atoms with Gasteiger partial charge in [-0.15, -0.1) is 0 Å². The Hall–Kier alpha value is -1.98. The third kappa shape index (κ3) is 3.04. The Labute approximate surface area is 121 Å². The Morgan fingerprint density at radius 3 is 2.71 bits per heavy atom. The van der Waals surface area contributed by atoms with Gasteiger partial charge in [-0.3, -0.25) is 0 Å². The molecule has 0 saturated heterocycles. The third-order valence-corrected chi connectivity index (χ3v) is 3.73. The molecule has 1 aromatic carbocycles. The highest BCUT2D eigenvalue weighted by Gasteiger charge is 2.24. The summed E-state index contributed by atoms with van der Waals surface area (Å²) in [4.78, 5) is 4.36. The summed E-state index contributed by atoms with van der Waals surface area (Å²) in [5.41, 5.74) is 0. The van der Waals surface area contributed by atoms with Crippen molar-refractivity contribution >= 4 is 0 Å². The molecule has 6 heteroatoms. The number of halogens is 2. The average molecular weight is 294 g/mol. The molecule has 0 amide bonds. The van der Waals surface area contributed by atoms with Gasteiger partial charge >= 0.3 is 0 Å². The molecular weight excluding hydrogens is 278 g/mol. The maximum Gasteiger partial charge on any atom is 0.267 e. The zero-order valence-corrected chi connectivity index (χ0v) is 11.7. The van der Waals surface area contributed by atoms with E-state index in [4.69, 9.17) is 9.26 Å². The zero-order valence-electron chi connectivity index (χ0n) is 11.7. The van der Waals surface area contributed by atoms with Gasteiger partial charge in [0.25, 0.3) is 5.89 Å². The van der Waals surface area contributed by atoms with Gasteiger partial charge in [0, 0.05) is 12.0 Å². The van der Waals surface area contributed by atoms with Crippen LogP contribution in [0.15, 0.2) is 22.7 Å². The molecule has 1 aliphatic carbocycles. The SMILES string of the molecule is CC(Oc1ccc(F)c(F)c1)c1nc(C2CCCC2)no1. The lowest BCUT2D eigenvalue weighted by Crippen LogP contribution is -2.04. The Balaban J connectivity index is 1.69. The van der Waals surface area contributed by atoms with Crippen molar-refractivity contribution in [1.29, 1.82) is 0 Å². The van der Waals surface area contributed by atoms with Crippen LogP contribution in [0.4, 0.5) is 8.78 Å². The molecule has 4 nitrogen and oxygen atoms in total. The number of nitrogens with zero attached hydrogens (tertiary/aromatic N) is 2. The maximum atomic E-state index is 13.1. The highest BCUT2D eigenvalue weighted by Crippen LogP contribution is 2.33. The maximum absolute atomic E-state index is 13.1. The fraction of sp³-hybridized carbons (Fsp3) is 0.467. The van der Waals surface area contributed by atoms with Gasteiger partial charge in [-0.1, -0.05) is 18.0 Å². The molecular formula is C15H16F2N2O2. The van der Waals surface area contributed by atoms with Crippen LogP contribution in [0.25, 0.3) is 0 Å². The van der Waals surface area contributed by atoms with Crippen LogP contribution in [0.2, 0.25) is 0 Å². The number of ether oxygens (including phenoxy) is 1. The number of hydrogen-bond acceptors (Lipinski definition) is 4. The first kappa shape index (κ1) is 14.0. The van der Waals surface area contributed by atoms with Crippen molar-refractivity contribution in [2.75, 3.05) is 0 Å². The van der Waals surface area contributed by atoms with E-state index in [-0.39, 0.29) is 5.75 Å². The van der Waals surface area contributed by atoms with Gasteiger partial charge in [0.2, 0.25) is 0 Å². The lowest BCUT2D eigenvalue weighted by molar-refractivity contribution is 0.174. The van der Waals surface area contributed by atoms with E-state index in [1.807, 2.05) is 0 Å². The van der Waals surface area contributed by atoms with Gasteiger partial charge < -0.3 is 9.26 Å². The second-order valence-electron chi connectivity index (χ2n) is 5.31. The van der Waals surface area contributed by atoms with E-state index in [0.717, 1.165) is 25.0 Å². The summed E-state index contributed by atoms with van der Waals surface area (Å²) < 4.78 is 36.7. The van der Waals surface area contributed by atoms with E-state index in [2.05, 4.69) is 10.1 Å². The van der Waals surface area contributed by atoms with Crippen molar-refractivity contribution in [1.82, 2.24) is 10.1 Å². The first-order valence-corrected chi connectivity index (χ1v) is 7.08. The van der Waals surface area contributed by atoms with Crippen LogP contribution < -0.4 is 4.74 Å². The summed E-state index contributed by atoms with van der Waals surface area (Å²) in [7, 11) is 0. The molecule has 1 atom stereocenters. The minimum atomic E-state index is -0.947. The Morgan fingerprint density at radius 1 is 1.24 bits per heavy atom. The van der Waals surface area contributed by atoms with Crippen molar-refractivity contribution in [3.63, 3.8) is 0 Å². The van der Waals surface area contributed by atoms with Crippen molar-refractivity contribution in [2.24, 2.45) is 0 Å². The monoisotopic (exact) mass is 294 g/mol. The summed E-state index contributed by atoms with van der Waals surface area (Å²) in [6.45, 7) is 1.73. The molecule has 112 valence electrons. The van der Waals surface area contributed by atoms with E-state index >= 15 is 0 Å². The zero-order chi connectivity index (χ0) is 14.8. The van der Waals surface area contributed by atoms with Crippen LogP contribution in [-0.4, -0.2) is 10.1 Å². The quantitative estimate of drug-likeness (QED) is 0.850. The van der Waals surface area contributed by atoms with Crippen LogP contribution >= 0.6 is 0 Å². The van der Waals surface area contributed by atoms with Gasteiger partial charge in [-0.2, -0.15) is 4.98 Å². The molecule has 1 saturated carbocycles. The van der Waals surface area contributed by atoms with Gasteiger partial charge in [0.05, 0.1) is 0 Å². The molecule has 1 fully saturated rings. The number of benzene rings is 1. The first-order chi connectivity index (χ1) is 10.1. The Bertz CT molecular complexity index is 624. The Morgan fingerprint density at radius 2 is 2.00 bits per heavy atom. The third-order valence-electron chi connectivity index (χ3n) is 3.73. The fourth-order valence-electron chi connectivity index (χ4n) is 2.57. The second kappa shape index (κ2) is 5.79. The predicted octanol–water partition coefficient (Wildman–Crippen LogP) is 4.15. The molecule has 0 radical (unpaired) electrons. The first-order valence-electron chi connectivity index (χ1n) is 7.08. The topological polar surface area (TPSA) is 48.2 Å². The fourth-order valence-corrected chi connectivity index (χ4v) is 2.57. The van der Waals surface area contributed by atoms with Crippen LogP contribution in [0.3, 0.4) is 0 Å². The highest BCUT2D eigenvalue weighted by atomic mass is 19.2. The molecule has 3 rings (SSSR count). The minimum Gasteiger partial charge on any atom is -0.481 e. The van der Waals surface area contributed by atoms with Gasteiger partial charge in [0.1, 0.15) is 5.75 Å². The minimum absolute atomic E-state index is 0.224. The standard InChI is InChI=1S/C15H16F2N2O2/c1-9(20-11-6-7-12(16)13(17)8-11)15-18-14(19-21-15)10-4-2-3-5-10/h6-10H,2-5H2,1H3. The number of aromatic nitrogens is 2. The smallest absolute Gasteiger partial charge is 0.267 e. The second-order valence-corrected chi connectivity index (χ2v) is 5.31. The molecule has 0 spiro atoms. The molecule has 2 aromatic rings. The molecule has 1 unspecified atom stereocenters. The van der Waals surface area contributed by atoms with Gasteiger partial charge in [-0.25, -0.2) is 8.78 Å². The van der Waals surface area contributed by atoms with E-state index in [1.54, 1.807) is 6.92 Å². The predicted molar refractivity (Wildman–Crippen MR) is 70.9 cm³/mol. The van der Waals surface area contributed by atoms with Crippen molar-refractivity contribution < 1.29 is 18.0 Å². The summed E-state index contributed by atoms with van der Waals surface area (Å²) >= 11 is 0. The van der Waals surface area contributed by atoms with Crippen molar-refractivity contribution in [2.45, 2.75) is 44.6 Å². The molecule has 1 heterocycles. The van der Waals surface area contributed by atoms with Crippen molar-refractivity contribution in [3.05, 3.63) is 41.5 Å². The molecule has 0 aliphatic heterocycles. The Kier molecular flexibility index (Phi) is 3.86. The average Bonchev–Trinajstić information content (AvgIpc) is 3.12. The van der Waals surface area contributed by atoms with E-state index in [1.165, 1.54) is 18.9 Å². The van der Waals surface area contributed by atoms with Crippen LogP contribution in [0, 0.1) is 11.6 Å². The van der Waals surface area contributed by atoms with Crippen molar-refractivity contribution in [3.8, 4) is 5.75 Å². The molecule has 0 N–H and O–H groups in total. The van der Waals surface area contributed by atoms with Crippen LogP contribution in [0.1, 0.15) is 56.3 Å². The van der Waals surface area contributed by atoms with E-state index in [9.17, 15) is 8.78 Å². The lowest BCUT2D eigenvalue weighted by atomic mass is 10.1. The lowest BCUT2D eigenvalue weighted by Gasteiger charge is -2.10. The molecule has 0 bridgehead atoms. The van der Waals surface area contributed by atoms with E-state index in [0.29, 0.717) is 17.6 Å². The molecule has 21 heavy (non-hydrogen) atoms. The van der Waals surface area contributed by atoms with Crippen LogP contribution in [-0.2, 0) is 0 Å². The summed E-state index contributed by atoms with van der Waals surface area (Å²) in [5, 5.41) is 3.99. The molecule has 1 aliphatic rings. The summed E-state index contributed by atoms with van der Waals surface area (Å²) in [6.07, 6.45) is 4.03. The van der Waals surface area contributed by atoms with E-state index < -0.39 is 17.7 Å². The number of hydrogen-bond donors (Lipinski definition) is 0. The highest BCUT2D eigenvalue weighted by molar-refractivity contribution is 5.24. The largest absolute Gasteiger partial charge is 0.481 e. The molecule has 1 aromatic heterocycles. The van der Waals surface area contributed by atoms with Gasteiger partial charge in [0.15, 0.2) is 23.6 Å².